The van der Waals surface area contributed by atoms with E-state index in [1.54, 1.807) is 6.07 Å². The van der Waals surface area contributed by atoms with E-state index in [0.717, 1.165) is 0 Å². The van der Waals surface area contributed by atoms with Crippen LogP contribution in [0.4, 0.5) is 0 Å². The van der Waals surface area contributed by atoms with Gasteiger partial charge in [0.25, 0.3) is 0 Å². The number of nitrogens with one attached hydrogen (secondary N) is 1. The maximum Gasteiger partial charge on any atom is 0.244 e. The first-order valence-corrected chi connectivity index (χ1v) is 6.96. The van der Waals surface area contributed by atoms with Gasteiger partial charge < -0.3 is 15.5 Å². The molecule has 17 heavy (non-hydrogen) atoms. The normalized spacial score (nSPS) is 22.8. The molecule has 0 saturated carbocycles. The fraction of sp³-hybridized carbons (Fsp3) is 0.600. The lowest BCUT2D eigenvalue weighted by atomic mass is 10.3. The van der Waals surface area contributed by atoms with E-state index in [1.807, 2.05) is 6.92 Å². The van der Waals surface area contributed by atoms with Gasteiger partial charge in [-0.25, -0.2) is 8.42 Å². The zero-order valence-electron chi connectivity index (χ0n) is 9.72. The summed E-state index contributed by atoms with van der Waals surface area (Å²) in [4.78, 5) is 3.12. The number of morpholine rings is 1. The van der Waals surface area contributed by atoms with Crippen LogP contribution >= 0.6 is 0 Å². The van der Waals surface area contributed by atoms with Gasteiger partial charge in [0.15, 0.2) is 0 Å². The Morgan fingerprint density at radius 1 is 1.65 bits per heavy atom. The zero-order valence-corrected chi connectivity index (χ0v) is 10.5. The Labute approximate surface area is 101 Å². The van der Waals surface area contributed by atoms with Gasteiger partial charge in [0, 0.05) is 31.0 Å². The molecular formula is C10H17N3O3S. The monoisotopic (exact) mass is 259 g/mol. The Kier molecular flexibility index (Phi) is 3.53. The third-order valence-corrected chi connectivity index (χ3v) is 4.84. The summed E-state index contributed by atoms with van der Waals surface area (Å²) >= 11 is 0. The zero-order chi connectivity index (χ0) is 12.5. The van der Waals surface area contributed by atoms with Gasteiger partial charge in [0.05, 0.1) is 18.1 Å². The molecule has 7 heteroatoms. The van der Waals surface area contributed by atoms with Crippen LogP contribution in [0, 0.1) is 0 Å². The van der Waals surface area contributed by atoms with Gasteiger partial charge in [-0.3, -0.25) is 0 Å². The van der Waals surface area contributed by atoms with Crippen molar-refractivity contribution in [2.75, 3.05) is 19.8 Å². The van der Waals surface area contributed by atoms with Crippen LogP contribution in [-0.4, -0.2) is 43.5 Å². The highest BCUT2D eigenvalue weighted by Crippen LogP contribution is 2.20. The molecule has 1 aromatic rings. The molecular weight excluding hydrogens is 242 g/mol. The van der Waals surface area contributed by atoms with Crippen molar-refractivity contribution < 1.29 is 13.2 Å². The van der Waals surface area contributed by atoms with E-state index in [-0.39, 0.29) is 10.9 Å². The molecule has 1 atom stereocenters. The van der Waals surface area contributed by atoms with Crippen molar-refractivity contribution in [3.05, 3.63) is 18.0 Å². The van der Waals surface area contributed by atoms with Gasteiger partial charge in [-0.2, -0.15) is 4.31 Å². The minimum Gasteiger partial charge on any atom is -0.378 e. The Balaban J connectivity index is 2.28. The number of nitrogens with zero attached hydrogens (tertiary/aromatic N) is 1. The van der Waals surface area contributed by atoms with Gasteiger partial charge in [-0.05, 0) is 13.0 Å². The standard InChI is InChI=1S/C10H17N3O3S/c1-8-7-16-3-2-13(8)17(14,15)10-4-9(5-11)12-6-10/h4,6,8,12H,2-3,5,7,11H2,1H3. The van der Waals surface area contributed by atoms with Crippen LogP contribution in [0.3, 0.4) is 0 Å². The van der Waals surface area contributed by atoms with Crippen molar-refractivity contribution in [2.24, 2.45) is 5.73 Å². The third-order valence-electron chi connectivity index (χ3n) is 2.85. The number of aromatic nitrogens is 1. The Morgan fingerprint density at radius 2 is 2.41 bits per heavy atom. The molecule has 1 aromatic heterocycles. The molecule has 3 N–H and O–H groups in total. The molecule has 0 aliphatic carbocycles. The average Bonchev–Trinajstić information content (AvgIpc) is 2.78. The second kappa shape index (κ2) is 4.77. The summed E-state index contributed by atoms with van der Waals surface area (Å²) in [5.74, 6) is 0. The van der Waals surface area contributed by atoms with E-state index in [0.29, 0.717) is 32.0 Å². The van der Waals surface area contributed by atoms with E-state index in [2.05, 4.69) is 4.98 Å². The van der Waals surface area contributed by atoms with Crippen LogP contribution in [-0.2, 0) is 21.3 Å². The fourth-order valence-corrected chi connectivity index (χ4v) is 3.51. The van der Waals surface area contributed by atoms with Crippen molar-refractivity contribution in [3.8, 4) is 0 Å². The van der Waals surface area contributed by atoms with E-state index in [4.69, 9.17) is 10.5 Å². The summed E-state index contributed by atoms with van der Waals surface area (Å²) in [6.45, 7) is 3.42. The molecule has 1 aliphatic rings. The fourth-order valence-electron chi connectivity index (χ4n) is 1.89. The molecule has 0 aromatic carbocycles. The number of nitrogens with two attached hydrogens (primary N) is 1. The Hall–Kier alpha value is -0.890. The van der Waals surface area contributed by atoms with Crippen LogP contribution in [0.5, 0.6) is 0 Å². The van der Waals surface area contributed by atoms with Crippen molar-refractivity contribution >= 4 is 10.0 Å². The lowest BCUT2D eigenvalue weighted by Crippen LogP contribution is -2.46. The predicted molar refractivity (Wildman–Crippen MR) is 62.9 cm³/mol. The van der Waals surface area contributed by atoms with Crippen LogP contribution in [0.25, 0.3) is 0 Å². The third kappa shape index (κ3) is 2.37. The van der Waals surface area contributed by atoms with Gasteiger partial charge in [0.2, 0.25) is 10.0 Å². The van der Waals surface area contributed by atoms with E-state index in [1.165, 1.54) is 10.5 Å². The molecule has 6 nitrogen and oxygen atoms in total. The quantitative estimate of drug-likeness (QED) is 0.792. The molecule has 0 bridgehead atoms. The highest BCUT2D eigenvalue weighted by atomic mass is 32.2. The largest absolute Gasteiger partial charge is 0.378 e. The second-order valence-corrected chi connectivity index (χ2v) is 5.99. The molecule has 0 spiro atoms. The molecule has 1 aliphatic heterocycles. The first-order chi connectivity index (χ1) is 8.05. The molecule has 2 heterocycles. The maximum atomic E-state index is 12.3. The van der Waals surface area contributed by atoms with Gasteiger partial charge in [-0.15, -0.1) is 0 Å². The first-order valence-electron chi connectivity index (χ1n) is 5.52. The number of aromatic amines is 1. The Morgan fingerprint density at radius 3 is 3.00 bits per heavy atom. The SMILES string of the molecule is CC1COCCN1S(=O)(=O)c1c[nH]c(CN)c1. The summed E-state index contributed by atoms with van der Waals surface area (Å²) in [5.41, 5.74) is 6.16. The van der Waals surface area contributed by atoms with Crippen LogP contribution in [0.2, 0.25) is 0 Å². The minimum absolute atomic E-state index is 0.134. The highest BCUT2D eigenvalue weighted by Gasteiger charge is 2.31. The second-order valence-electron chi connectivity index (χ2n) is 4.10. The van der Waals surface area contributed by atoms with Gasteiger partial charge >= 0.3 is 0 Å². The predicted octanol–water partition coefficient (Wildman–Crippen LogP) is -0.117. The van der Waals surface area contributed by atoms with Gasteiger partial charge in [-0.1, -0.05) is 0 Å². The number of H-pyrrole nitrogens is 1. The topological polar surface area (TPSA) is 88.4 Å². The number of hydrogen-bond acceptors (Lipinski definition) is 4. The average molecular weight is 259 g/mol. The minimum atomic E-state index is -3.43. The van der Waals surface area contributed by atoms with Crippen LogP contribution < -0.4 is 5.73 Å². The summed E-state index contributed by atoms with van der Waals surface area (Å²) < 4.78 is 31.4. The highest BCUT2D eigenvalue weighted by molar-refractivity contribution is 7.89. The van der Waals surface area contributed by atoms with Crippen molar-refractivity contribution in [1.29, 1.82) is 0 Å². The molecule has 2 rings (SSSR count). The molecule has 1 unspecified atom stereocenters. The lowest BCUT2D eigenvalue weighted by Gasteiger charge is -2.31. The van der Waals surface area contributed by atoms with Crippen LogP contribution in [0.1, 0.15) is 12.6 Å². The molecule has 0 radical (unpaired) electrons. The molecule has 1 fully saturated rings. The summed E-state index contributed by atoms with van der Waals surface area (Å²) in [6, 6.07) is 1.45. The smallest absolute Gasteiger partial charge is 0.244 e. The van der Waals surface area contributed by atoms with Crippen molar-refractivity contribution in [1.82, 2.24) is 9.29 Å². The summed E-state index contributed by atoms with van der Waals surface area (Å²) in [7, 11) is -3.43. The van der Waals surface area contributed by atoms with E-state index < -0.39 is 10.0 Å². The van der Waals surface area contributed by atoms with Crippen LogP contribution in [0.15, 0.2) is 17.2 Å². The lowest BCUT2D eigenvalue weighted by molar-refractivity contribution is 0.0393. The maximum absolute atomic E-state index is 12.3. The van der Waals surface area contributed by atoms with Crippen molar-refractivity contribution in [3.63, 3.8) is 0 Å². The number of sulfonamides is 1. The number of rotatable bonds is 3. The summed E-state index contributed by atoms with van der Waals surface area (Å²) in [5, 5.41) is 0. The van der Waals surface area contributed by atoms with Crippen molar-refractivity contribution in [2.45, 2.75) is 24.4 Å². The van der Waals surface area contributed by atoms with Gasteiger partial charge in [0.1, 0.15) is 0 Å². The number of hydrogen-bond donors (Lipinski definition) is 2. The molecule has 96 valence electrons. The first kappa shape index (κ1) is 12.6. The Bertz CT molecular complexity index is 483. The van der Waals surface area contributed by atoms with E-state index in [9.17, 15) is 8.42 Å². The summed E-state index contributed by atoms with van der Waals surface area (Å²) in [6.07, 6.45) is 1.49. The molecule has 1 saturated heterocycles. The molecule has 0 amide bonds. The van der Waals surface area contributed by atoms with E-state index >= 15 is 0 Å². The number of ether oxygens (including phenoxy) is 1.